The molecule has 0 bridgehead atoms. The van der Waals surface area contributed by atoms with Crippen molar-refractivity contribution in [2.24, 2.45) is 11.8 Å². The van der Waals surface area contributed by atoms with Crippen molar-refractivity contribution in [1.29, 1.82) is 0 Å². The summed E-state index contributed by atoms with van der Waals surface area (Å²) in [5.74, 6) is -2.94. The number of ether oxygens (including phenoxy) is 2. The minimum atomic E-state index is -1.15. The lowest BCUT2D eigenvalue weighted by Gasteiger charge is -2.32. The van der Waals surface area contributed by atoms with Gasteiger partial charge in [0.15, 0.2) is 0 Å². The molecule has 56 heavy (non-hydrogen) atoms. The smallest absolute Gasteiger partial charge is 0.243 e. The third kappa shape index (κ3) is 12.3. The molecule has 1 aromatic heterocycles. The molecule has 5 atom stereocenters. The molecule has 6 amide bonds. The largest absolute Gasteiger partial charge is 0.497 e. The van der Waals surface area contributed by atoms with Gasteiger partial charge < -0.3 is 45.9 Å². The quantitative estimate of drug-likeness (QED) is 0.170. The van der Waals surface area contributed by atoms with Gasteiger partial charge in [0.2, 0.25) is 35.4 Å². The molecular weight excluding hydrogens is 718 g/mol. The zero-order chi connectivity index (χ0) is 40.9. The molecule has 15 heteroatoms. The minimum Gasteiger partial charge on any atom is -0.497 e. The molecule has 6 N–H and O–H groups in total. The van der Waals surface area contributed by atoms with E-state index in [2.05, 4.69) is 31.6 Å². The van der Waals surface area contributed by atoms with E-state index in [1.165, 1.54) is 18.9 Å². The number of carbonyl (C=O) groups is 6. The summed E-state index contributed by atoms with van der Waals surface area (Å²) in [6.07, 6.45) is 2.12. The van der Waals surface area contributed by atoms with Crippen molar-refractivity contribution in [3.05, 3.63) is 65.9 Å². The van der Waals surface area contributed by atoms with Gasteiger partial charge in [0.05, 0.1) is 26.7 Å². The van der Waals surface area contributed by atoms with E-state index in [-0.39, 0.29) is 56.6 Å². The number of fused-ring (bicyclic) bond motifs is 1. The SMILES string of the molecule is COCCC(=O)N1CC(=O)N[C@H](Cc2c[nH]c3ccccc23)C(=O)N[C@@H](CC(C)C)C(=O)N[C@@H](Cc2ccc(OC)cc2)C(=O)N[C@H](C)C(=O)N[C@@H](C(C)C)C1. The Morgan fingerprint density at radius 2 is 1.43 bits per heavy atom. The van der Waals surface area contributed by atoms with Gasteiger partial charge in [0.1, 0.15) is 29.9 Å². The van der Waals surface area contributed by atoms with Gasteiger partial charge in [-0.3, -0.25) is 28.8 Å². The molecule has 2 heterocycles. The lowest BCUT2D eigenvalue weighted by Crippen LogP contribution is -2.60. The van der Waals surface area contributed by atoms with Crippen LogP contribution in [0, 0.1) is 11.8 Å². The standard InChI is InChI=1S/C41H57N7O8/c1-24(2)18-32-40(53)46-33(19-27-12-14-29(56-7)15-13-27)39(52)43-26(5)38(51)47-35(25(3)4)22-48(37(50)16-17-55-6)23-36(49)44-34(41(54)45-32)20-28-21-42-31-11-9-8-10-30(28)31/h8-15,21,24-26,32-35,42H,16-20,22-23H2,1-7H3,(H,43,52)(H,44,49)(H,45,54)(H,46,53)(H,47,51)/t26-,32+,33+,34-,35-/m1/s1. The van der Waals surface area contributed by atoms with Crippen molar-refractivity contribution in [3.63, 3.8) is 0 Å². The van der Waals surface area contributed by atoms with Crippen LogP contribution in [-0.4, -0.2) is 109 Å². The zero-order valence-electron chi connectivity index (χ0n) is 33.4. The normalized spacial score (nSPS) is 22.1. The van der Waals surface area contributed by atoms with E-state index in [0.717, 1.165) is 22.0 Å². The number of nitrogens with one attached hydrogen (secondary N) is 6. The van der Waals surface area contributed by atoms with Crippen molar-refractivity contribution in [3.8, 4) is 5.75 Å². The van der Waals surface area contributed by atoms with Crippen LogP contribution in [0.25, 0.3) is 10.9 Å². The highest BCUT2D eigenvalue weighted by Gasteiger charge is 2.34. The highest BCUT2D eigenvalue weighted by Crippen LogP contribution is 2.20. The molecule has 4 rings (SSSR count). The number of H-pyrrole nitrogens is 1. The Balaban J connectivity index is 1.76. The third-order valence-corrected chi connectivity index (χ3v) is 9.83. The molecule has 2 aromatic carbocycles. The van der Waals surface area contributed by atoms with Gasteiger partial charge in [0.25, 0.3) is 0 Å². The van der Waals surface area contributed by atoms with Gasteiger partial charge in [-0.1, -0.05) is 58.0 Å². The first-order chi connectivity index (χ1) is 26.7. The first kappa shape index (κ1) is 43.3. The van der Waals surface area contributed by atoms with Crippen LogP contribution in [-0.2, 0) is 46.3 Å². The van der Waals surface area contributed by atoms with Gasteiger partial charge in [-0.25, -0.2) is 0 Å². The molecule has 1 aliphatic heterocycles. The molecule has 1 fully saturated rings. The summed E-state index contributed by atoms with van der Waals surface area (Å²) < 4.78 is 10.4. The highest BCUT2D eigenvalue weighted by atomic mass is 16.5. The lowest BCUT2D eigenvalue weighted by molar-refractivity contribution is -0.139. The van der Waals surface area contributed by atoms with E-state index >= 15 is 0 Å². The molecule has 1 aliphatic rings. The second-order valence-corrected chi connectivity index (χ2v) is 15.1. The Kier molecular flexibility index (Phi) is 15.8. The number of para-hydroxylation sites is 1. The summed E-state index contributed by atoms with van der Waals surface area (Å²) in [4.78, 5) is 87.8. The van der Waals surface area contributed by atoms with E-state index in [1.807, 2.05) is 52.0 Å². The number of rotatable bonds is 11. The van der Waals surface area contributed by atoms with Gasteiger partial charge >= 0.3 is 0 Å². The van der Waals surface area contributed by atoms with E-state index in [0.29, 0.717) is 5.75 Å². The molecule has 0 spiro atoms. The summed E-state index contributed by atoms with van der Waals surface area (Å²) in [7, 11) is 3.01. The average Bonchev–Trinajstić information content (AvgIpc) is 3.57. The van der Waals surface area contributed by atoms with Crippen LogP contribution < -0.4 is 31.3 Å². The summed E-state index contributed by atoms with van der Waals surface area (Å²) in [6, 6.07) is 9.58. The zero-order valence-corrected chi connectivity index (χ0v) is 33.4. The second-order valence-electron chi connectivity index (χ2n) is 15.1. The molecule has 0 saturated carbocycles. The van der Waals surface area contributed by atoms with Crippen molar-refractivity contribution in [2.45, 2.75) is 90.5 Å². The summed E-state index contributed by atoms with van der Waals surface area (Å²) in [5, 5.41) is 15.1. The fraction of sp³-hybridized carbons (Fsp3) is 0.512. The van der Waals surface area contributed by atoms with Crippen LogP contribution in [0.2, 0.25) is 0 Å². The van der Waals surface area contributed by atoms with Crippen molar-refractivity contribution >= 4 is 46.3 Å². The maximum absolute atomic E-state index is 14.3. The van der Waals surface area contributed by atoms with Gasteiger partial charge in [0, 0.05) is 49.6 Å². The molecule has 1 saturated heterocycles. The van der Waals surface area contributed by atoms with Gasteiger partial charge in [-0.2, -0.15) is 0 Å². The summed E-state index contributed by atoms with van der Waals surface area (Å²) in [6.45, 7) is 8.75. The number of nitrogens with zero attached hydrogens (tertiary/aromatic N) is 1. The Hall–Kier alpha value is -5.44. The number of aromatic nitrogens is 1. The van der Waals surface area contributed by atoms with E-state index in [1.54, 1.807) is 37.6 Å². The molecule has 0 unspecified atom stereocenters. The number of carbonyl (C=O) groups excluding carboxylic acids is 6. The van der Waals surface area contributed by atoms with Gasteiger partial charge in [-0.05, 0) is 54.5 Å². The molecule has 3 aromatic rings. The first-order valence-corrected chi connectivity index (χ1v) is 19.1. The summed E-state index contributed by atoms with van der Waals surface area (Å²) >= 11 is 0. The fourth-order valence-electron chi connectivity index (χ4n) is 6.55. The number of hydrogen-bond acceptors (Lipinski definition) is 8. The Bertz CT molecular complexity index is 1830. The van der Waals surface area contributed by atoms with Crippen LogP contribution in [0.1, 0.15) is 58.6 Å². The lowest BCUT2D eigenvalue weighted by atomic mass is 9.99. The molecule has 15 nitrogen and oxygen atoms in total. The Morgan fingerprint density at radius 1 is 0.786 bits per heavy atom. The predicted molar refractivity (Wildman–Crippen MR) is 211 cm³/mol. The summed E-state index contributed by atoms with van der Waals surface area (Å²) in [5.41, 5.74) is 2.32. The maximum Gasteiger partial charge on any atom is 0.243 e. The topological polar surface area (TPSA) is 200 Å². The number of aromatic amines is 1. The van der Waals surface area contributed by atoms with Crippen molar-refractivity contribution in [1.82, 2.24) is 36.5 Å². The van der Waals surface area contributed by atoms with Crippen LogP contribution in [0.15, 0.2) is 54.7 Å². The minimum absolute atomic E-state index is 0.0180. The van der Waals surface area contributed by atoms with Crippen LogP contribution in [0.4, 0.5) is 0 Å². The molecular formula is C41H57N7O8. The number of benzene rings is 2. The second kappa shape index (κ2) is 20.5. The Morgan fingerprint density at radius 3 is 2.09 bits per heavy atom. The van der Waals surface area contributed by atoms with Crippen LogP contribution >= 0.6 is 0 Å². The fourth-order valence-corrected chi connectivity index (χ4v) is 6.55. The van der Waals surface area contributed by atoms with E-state index in [4.69, 9.17) is 9.47 Å². The predicted octanol–water partition coefficient (Wildman–Crippen LogP) is 1.99. The van der Waals surface area contributed by atoms with Crippen LogP contribution in [0.3, 0.4) is 0 Å². The monoisotopic (exact) mass is 775 g/mol. The number of amides is 6. The molecule has 0 aliphatic carbocycles. The third-order valence-electron chi connectivity index (χ3n) is 9.83. The number of methoxy groups -OCH3 is 2. The highest BCUT2D eigenvalue weighted by molar-refractivity contribution is 5.96. The molecule has 304 valence electrons. The average molecular weight is 776 g/mol. The van der Waals surface area contributed by atoms with Crippen molar-refractivity contribution < 1.29 is 38.2 Å². The first-order valence-electron chi connectivity index (χ1n) is 19.1. The number of hydrogen-bond donors (Lipinski definition) is 6. The molecule has 0 radical (unpaired) electrons. The van der Waals surface area contributed by atoms with E-state index in [9.17, 15) is 28.8 Å². The maximum atomic E-state index is 14.3. The van der Waals surface area contributed by atoms with Crippen molar-refractivity contribution in [2.75, 3.05) is 33.9 Å². The van der Waals surface area contributed by atoms with E-state index < -0.39 is 66.3 Å². The Labute approximate surface area is 328 Å². The van der Waals surface area contributed by atoms with Crippen LogP contribution in [0.5, 0.6) is 5.75 Å². The van der Waals surface area contributed by atoms with Gasteiger partial charge in [-0.15, -0.1) is 0 Å².